The smallest absolute Gasteiger partial charge is 0.309 e. The Morgan fingerprint density at radius 2 is 2.33 bits per heavy atom. The van der Waals surface area contributed by atoms with Crippen molar-refractivity contribution in [3.8, 4) is 5.75 Å². The summed E-state index contributed by atoms with van der Waals surface area (Å²) in [4.78, 5) is 13.9. The molecule has 0 aliphatic carbocycles. The van der Waals surface area contributed by atoms with Gasteiger partial charge in [0.25, 0.3) is 0 Å². The summed E-state index contributed by atoms with van der Waals surface area (Å²) in [6.07, 6.45) is 0.920. The summed E-state index contributed by atoms with van der Waals surface area (Å²) in [5.74, 6) is -1.08. The summed E-state index contributed by atoms with van der Waals surface area (Å²) in [6, 6.07) is 1.26. The zero-order valence-corrected chi connectivity index (χ0v) is 6.75. The second-order valence-corrected chi connectivity index (χ2v) is 2.60. The number of hydrogen-bond acceptors (Lipinski definition) is 3. The molecule has 0 unspecified atom stereocenters. The summed E-state index contributed by atoms with van der Waals surface area (Å²) in [5, 5.41) is 17.4. The van der Waals surface area contributed by atoms with Crippen LogP contribution in [0.1, 0.15) is 5.69 Å². The monoisotopic (exact) mass is 187 g/mol. The third kappa shape index (κ3) is 2.10. The minimum atomic E-state index is -1.00. The predicted octanol–water partition coefficient (Wildman–Crippen LogP) is 1.07. The number of carboxylic acids is 1. The molecule has 12 heavy (non-hydrogen) atoms. The van der Waals surface area contributed by atoms with Crippen LogP contribution in [0, 0.1) is 0 Å². The van der Waals surface area contributed by atoms with Crippen molar-refractivity contribution < 1.29 is 15.0 Å². The number of carboxylic acid groups (broad SMARTS) is 1. The summed E-state index contributed by atoms with van der Waals surface area (Å²) in [7, 11) is 0. The van der Waals surface area contributed by atoms with Crippen LogP contribution in [-0.4, -0.2) is 21.2 Å². The first-order valence-electron chi connectivity index (χ1n) is 3.15. The molecule has 2 N–H and O–H groups in total. The van der Waals surface area contributed by atoms with Gasteiger partial charge in [-0.3, -0.25) is 9.78 Å². The van der Waals surface area contributed by atoms with E-state index in [1.807, 2.05) is 0 Å². The van der Waals surface area contributed by atoms with Crippen LogP contribution in [0.15, 0.2) is 12.3 Å². The van der Waals surface area contributed by atoms with Gasteiger partial charge in [0.05, 0.1) is 23.3 Å². The van der Waals surface area contributed by atoms with Gasteiger partial charge < -0.3 is 10.2 Å². The number of hydrogen-bond donors (Lipinski definition) is 2. The highest BCUT2D eigenvalue weighted by molar-refractivity contribution is 6.31. The lowest BCUT2D eigenvalue weighted by atomic mass is 10.3. The molecule has 0 saturated heterocycles. The van der Waals surface area contributed by atoms with E-state index in [0.717, 1.165) is 6.20 Å². The van der Waals surface area contributed by atoms with Crippen molar-refractivity contribution in [3.05, 3.63) is 23.0 Å². The minimum absolute atomic E-state index is 0.0749. The molecule has 0 spiro atoms. The van der Waals surface area contributed by atoms with E-state index in [1.165, 1.54) is 6.07 Å². The lowest BCUT2D eigenvalue weighted by Gasteiger charge is -1.99. The Hall–Kier alpha value is -1.29. The third-order valence-electron chi connectivity index (χ3n) is 1.22. The lowest BCUT2D eigenvalue weighted by Crippen LogP contribution is -2.02. The van der Waals surface area contributed by atoms with E-state index in [2.05, 4.69) is 4.98 Å². The van der Waals surface area contributed by atoms with E-state index < -0.39 is 5.97 Å². The molecular formula is C7H6ClNO3. The third-order valence-corrected chi connectivity index (χ3v) is 1.55. The van der Waals surface area contributed by atoms with E-state index in [0.29, 0.717) is 0 Å². The van der Waals surface area contributed by atoms with Crippen molar-refractivity contribution in [1.29, 1.82) is 0 Å². The van der Waals surface area contributed by atoms with Gasteiger partial charge in [0.2, 0.25) is 0 Å². The molecule has 0 aromatic carbocycles. The van der Waals surface area contributed by atoms with Gasteiger partial charge in [-0.05, 0) is 0 Å². The maximum Gasteiger partial charge on any atom is 0.309 e. The maximum absolute atomic E-state index is 10.2. The first-order chi connectivity index (χ1) is 5.59. The first-order valence-corrected chi connectivity index (χ1v) is 3.52. The molecule has 1 aromatic heterocycles. The highest BCUT2D eigenvalue weighted by Gasteiger charge is 2.06. The number of halogens is 1. The lowest BCUT2D eigenvalue weighted by molar-refractivity contribution is -0.136. The summed E-state index contributed by atoms with van der Waals surface area (Å²) < 4.78 is 0. The van der Waals surface area contributed by atoms with Gasteiger partial charge in [0, 0.05) is 6.07 Å². The number of aliphatic carboxylic acids is 1. The Kier molecular flexibility index (Phi) is 2.50. The van der Waals surface area contributed by atoms with Gasteiger partial charge in [-0.25, -0.2) is 0 Å². The molecule has 64 valence electrons. The van der Waals surface area contributed by atoms with Gasteiger partial charge in [-0.15, -0.1) is 0 Å². The molecule has 0 radical (unpaired) electrons. The largest absolute Gasteiger partial charge is 0.506 e. The minimum Gasteiger partial charge on any atom is -0.506 e. The van der Waals surface area contributed by atoms with E-state index in [4.69, 9.17) is 21.8 Å². The van der Waals surface area contributed by atoms with Crippen molar-refractivity contribution >= 4 is 17.6 Å². The topological polar surface area (TPSA) is 70.4 Å². The quantitative estimate of drug-likeness (QED) is 0.727. The molecule has 0 fully saturated rings. The van der Waals surface area contributed by atoms with Crippen molar-refractivity contribution in [1.82, 2.24) is 4.98 Å². The molecule has 1 rings (SSSR count). The molecule has 5 heteroatoms. The fourth-order valence-corrected chi connectivity index (χ4v) is 0.957. The Labute approximate surface area is 73.4 Å². The van der Waals surface area contributed by atoms with E-state index in [9.17, 15) is 4.79 Å². The van der Waals surface area contributed by atoms with Crippen LogP contribution in [0.5, 0.6) is 5.75 Å². The van der Waals surface area contributed by atoms with Crippen molar-refractivity contribution in [2.75, 3.05) is 0 Å². The van der Waals surface area contributed by atoms with Crippen LogP contribution >= 0.6 is 11.6 Å². The van der Waals surface area contributed by atoms with Gasteiger partial charge in [0.15, 0.2) is 0 Å². The molecule has 0 bridgehead atoms. The average molecular weight is 188 g/mol. The van der Waals surface area contributed by atoms with E-state index >= 15 is 0 Å². The van der Waals surface area contributed by atoms with Crippen LogP contribution in [0.2, 0.25) is 5.02 Å². The number of pyridine rings is 1. The maximum atomic E-state index is 10.2. The second kappa shape index (κ2) is 3.40. The number of aromatic nitrogens is 1. The van der Waals surface area contributed by atoms with Crippen LogP contribution in [0.4, 0.5) is 0 Å². The van der Waals surface area contributed by atoms with Gasteiger partial charge in [-0.1, -0.05) is 11.6 Å². The fraction of sp³-hybridized carbons (Fsp3) is 0.143. The van der Waals surface area contributed by atoms with Gasteiger partial charge >= 0.3 is 5.97 Å². The molecule has 0 atom stereocenters. The van der Waals surface area contributed by atoms with Crippen molar-refractivity contribution in [2.45, 2.75) is 6.42 Å². The molecule has 1 heterocycles. The highest BCUT2D eigenvalue weighted by Crippen LogP contribution is 2.18. The fourth-order valence-electron chi connectivity index (χ4n) is 0.729. The predicted molar refractivity (Wildman–Crippen MR) is 42.3 cm³/mol. The van der Waals surface area contributed by atoms with E-state index in [1.54, 1.807) is 0 Å². The van der Waals surface area contributed by atoms with Crippen LogP contribution < -0.4 is 0 Å². The summed E-state index contributed by atoms with van der Waals surface area (Å²) in [6.45, 7) is 0. The Bertz CT molecular complexity index is 314. The summed E-state index contributed by atoms with van der Waals surface area (Å²) in [5.41, 5.74) is 0.252. The Balaban J connectivity index is 2.93. The zero-order valence-electron chi connectivity index (χ0n) is 5.99. The SMILES string of the molecule is O=C(O)Cc1ncc(O)cc1Cl. The van der Waals surface area contributed by atoms with Crippen molar-refractivity contribution in [3.63, 3.8) is 0 Å². The van der Waals surface area contributed by atoms with Crippen LogP contribution in [0.3, 0.4) is 0 Å². The number of aromatic hydroxyl groups is 1. The number of nitrogens with zero attached hydrogens (tertiary/aromatic N) is 1. The van der Waals surface area contributed by atoms with Crippen molar-refractivity contribution in [2.24, 2.45) is 0 Å². The van der Waals surface area contributed by atoms with Crippen LogP contribution in [-0.2, 0) is 11.2 Å². The number of rotatable bonds is 2. The van der Waals surface area contributed by atoms with Gasteiger partial charge in [-0.2, -0.15) is 0 Å². The highest BCUT2D eigenvalue weighted by atomic mass is 35.5. The first kappa shape index (κ1) is 8.80. The zero-order chi connectivity index (χ0) is 9.14. The van der Waals surface area contributed by atoms with E-state index in [-0.39, 0.29) is 22.9 Å². The standard InChI is InChI=1S/C7H6ClNO3/c8-5-1-4(10)3-9-6(5)2-7(11)12/h1,3,10H,2H2,(H,11,12). The molecule has 0 amide bonds. The molecule has 0 saturated carbocycles. The Morgan fingerprint density at radius 3 is 2.83 bits per heavy atom. The molecule has 1 aromatic rings. The second-order valence-electron chi connectivity index (χ2n) is 2.19. The van der Waals surface area contributed by atoms with Gasteiger partial charge in [0.1, 0.15) is 5.75 Å². The summed E-state index contributed by atoms with van der Waals surface area (Å²) >= 11 is 5.59. The number of carbonyl (C=O) groups is 1. The Morgan fingerprint density at radius 1 is 1.67 bits per heavy atom. The molecule has 4 nitrogen and oxygen atoms in total. The average Bonchev–Trinajstić information content (AvgIpc) is 1.94. The molecule has 0 aliphatic rings. The van der Waals surface area contributed by atoms with Crippen LogP contribution in [0.25, 0.3) is 0 Å². The molecule has 0 aliphatic heterocycles. The normalized spacial score (nSPS) is 9.75. The molecular weight excluding hydrogens is 182 g/mol.